The molecule has 0 radical (unpaired) electrons. The zero-order chi connectivity index (χ0) is 18.9. The van der Waals surface area contributed by atoms with Crippen LogP contribution in [-0.2, 0) is 0 Å². The predicted molar refractivity (Wildman–Crippen MR) is 107 cm³/mol. The lowest BCUT2D eigenvalue weighted by molar-refractivity contribution is 0.266. The molecule has 1 unspecified atom stereocenters. The highest BCUT2D eigenvalue weighted by molar-refractivity contribution is 5.86. The molecule has 0 saturated carbocycles. The van der Waals surface area contributed by atoms with Crippen molar-refractivity contribution in [2.45, 2.75) is 18.9 Å². The average Bonchev–Trinajstić information content (AvgIpc) is 3.48. The Labute approximate surface area is 161 Å². The zero-order valence-corrected chi connectivity index (χ0v) is 15.2. The number of aromatic nitrogens is 4. The molecule has 1 aliphatic rings. The van der Waals surface area contributed by atoms with Gasteiger partial charge in [0.1, 0.15) is 5.52 Å². The highest BCUT2D eigenvalue weighted by Gasteiger charge is 2.28. The van der Waals surface area contributed by atoms with Crippen molar-refractivity contribution in [1.29, 1.82) is 0 Å². The largest absolute Gasteiger partial charge is 0.459 e. The number of H-pyrrole nitrogens is 1. The molecule has 0 bridgehead atoms. The van der Waals surface area contributed by atoms with E-state index in [1.807, 2.05) is 42.5 Å². The van der Waals surface area contributed by atoms with Gasteiger partial charge in [0.25, 0.3) is 0 Å². The number of anilines is 3. The van der Waals surface area contributed by atoms with Crippen molar-refractivity contribution < 1.29 is 9.52 Å². The Bertz CT molecular complexity index is 1090. The molecule has 1 saturated heterocycles. The molecule has 0 amide bonds. The van der Waals surface area contributed by atoms with E-state index in [9.17, 15) is 5.11 Å². The van der Waals surface area contributed by atoms with E-state index in [1.54, 1.807) is 6.26 Å². The van der Waals surface area contributed by atoms with Gasteiger partial charge in [-0.1, -0.05) is 30.3 Å². The number of nitrogens with one attached hydrogen (secondary N) is 2. The van der Waals surface area contributed by atoms with E-state index in [0.29, 0.717) is 23.2 Å². The molecular formula is C20H20N6O2. The number of aromatic amines is 1. The summed E-state index contributed by atoms with van der Waals surface area (Å²) in [5.74, 6) is 1.78. The summed E-state index contributed by atoms with van der Waals surface area (Å²) in [4.78, 5) is 11.3. The predicted octanol–water partition coefficient (Wildman–Crippen LogP) is 3.32. The molecule has 4 heterocycles. The lowest BCUT2D eigenvalue weighted by atomic mass is 10.2. The van der Waals surface area contributed by atoms with E-state index in [-0.39, 0.29) is 12.6 Å². The molecule has 1 aliphatic heterocycles. The number of hydrogen-bond donors (Lipinski definition) is 3. The van der Waals surface area contributed by atoms with Crippen LogP contribution < -0.4 is 10.2 Å². The van der Waals surface area contributed by atoms with Crippen molar-refractivity contribution in [1.82, 2.24) is 20.2 Å². The molecule has 5 rings (SSSR count). The van der Waals surface area contributed by atoms with E-state index >= 15 is 0 Å². The number of aliphatic hydroxyl groups excluding tert-OH is 1. The Morgan fingerprint density at radius 2 is 2.11 bits per heavy atom. The Kier molecular flexibility index (Phi) is 4.17. The molecule has 28 heavy (non-hydrogen) atoms. The number of aliphatic hydroxyl groups is 1. The van der Waals surface area contributed by atoms with Crippen LogP contribution in [0.25, 0.3) is 22.4 Å². The molecule has 8 nitrogen and oxygen atoms in total. The van der Waals surface area contributed by atoms with Gasteiger partial charge in [-0.3, -0.25) is 5.10 Å². The van der Waals surface area contributed by atoms with Crippen LogP contribution in [0.15, 0.2) is 53.1 Å². The molecule has 4 aromatic rings. The Morgan fingerprint density at radius 3 is 2.96 bits per heavy atom. The second-order valence-corrected chi connectivity index (χ2v) is 6.84. The molecule has 142 valence electrons. The second kappa shape index (κ2) is 6.97. The summed E-state index contributed by atoms with van der Waals surface area (Å²) in [6.07, 6.45) is 3.56. The average molecular weight is 376 g/mol. The minimum atomic E-state index is 0.0473. The maximum atomic E-state index is 9.69. The summed E-state index contributed by atoms with van der Waals surface area (Å²) in [5.41, 5.74) is 3.32. The Morgan fingerprint density at radius 1 is 1.21 bits per heavy atom. The van der Waals surface area contributed by atoms with Crippen LogP contribution in [0.1, 0.15) is 12.8 Å². The normalized spacial score (nSPS) is 16.8. The van der Waals surface area contributed by atoms with Crippen LogP contribution >= 0.6 is 0 Å². The molecule has 0 spiro atoms. The quantitative estimate of drug-likeness (QED) is 0.491. The SMILES string of the molecule is OCC1CCCN1c1nc(Nc2cc(-c3ccccc3)[nH]n2)nc2ccoc12. The fraction of sp³-hybridized carbons (Fsp3) is 0.250. The van der Waals surface area contributed by atoms with E-state index in [1.165, 1.54) is 0 Å². The summed E-state index contributed by atoms with van der Waals surface area (Å²) in [5, 5.41) is 20.2. The molecule has 0 aliphatic carbocycles. The number of benzene rings is 1. The van der Waals surface area contributed by atoms with Crippen LogP contribution in [0, 0.1) is 0 Å². The van der Waals surface area contributed by atoms with Crippen LogP contribution in [0.5, 0.6) is 0 Å². The number of hydrogen-bond acceptors (Lipinski definition) is 7. The van der Waals surface area contributed by atoms with Gasteiger partial charge in [-0.15, -0.1) is 0 Å². The molecule has 1 fully saturated rings. The first-order valence-electron chi connectivity index (χ1n) is 9.32. The third-order valence-corrected chi connectivity index (χ3v) is 5.05. The van der Waals surface area contributed by atoms with Gasteiger partial charge < -0.3 is 19.7 Å². The first-order chi connectivity index (χ1) is 13.8. The summed E-state index contributed by atoms with van der Waals surface area (Å²) < 4.78 is 5.62. The molecule has 1 aromatic carbocycles. The second-order valence-electron chi connectivity index (χ2n) is 6.84. The highest BCUT2D eigenvalue weighted by Crippen LogP contribution is 2.32. The van der Waals surface area contributed by atoms with Crippen molar-refractivity contribution in [2.24, 2.45) is 0 Å². The van der Waals surface area contributed by atoms with Crippen LogP contribution in [-0.4, -0.2) is 44.5 Å². The zero-order valence-electron chi connectivity index (χ0n) is 15.2. The van der Waals surface area contributed by atoms with Crippen LogP contribution in [0.2, 0.25) is 0 Å². The van der Waals surface area contributed by atoms with Gasteiger partial charge in [-0.2, -0.15) is 10.1 Å². The van der Waals surface area contributed by atoms with Crippen LogP contribution in [0.4, 0.5) is 17.6 Å². The van der Waals surface area contributed by atoms with Crippen molar-refractivity contribution in [3.63, 3.8) is 0 Å². The number of nitrogens with zero attached hydrogens (tertiary/aromatic N) is 4. The summed E-state index contributed by atoms with van der Waals surface area (Å²) >= 11 is 0. The Balaban J connectivity index is 1.48. The third kappa shape index (κ3) is 2.97. The maximum Gasteiger partial charge on any atom is 0.231 e. The summed E-state index contributed by atoms with van der Waals surface area (Å²) in [6.45, 7) is 0.923. The topological polar surface area (TPSA) is 103 Å². The lowest BCUT2D eigenvalue weighted by Gasteiger charge is -2.24. The van der Waals surface area contributed by atoms with Gasteiger partial charge in [-0.25, -0.2) is 4.98 Å². The fourth-order valence-corrected chi connectivity index (χ4v) is 3.67. The minimum Gasteiger partial charge on any atom is -0.459 e. The molecule has 1 atom stereocenters. The van der Waals surface area contributed by atoms with Gasteiger partial charge in [0, 0.05) is 18.7 Å². The van der Waals surface area contributed by atoms with Gasteiger partial charge in [0.2, 0.25) is 5.95 Å². The third-order valence-electron chi connectivity index (χ3n) is 5.05. The van der Waals surface area contributed by atoms with Crippen molar-refractivity contribution >= 4 is 28.7 Å². The number of rotatable bonds is 5. The lowest BCUT2D eigenvalue weighted by Crippen LogP contribution is -2.33. The van der Waals surface area contributed by atoms with E-state index in [0.717, 1.165) is 36.2 Å². The number of fused-ring (bicyclic) bond motifs is 1. The smallest absolute Gasteiger partial charge is 0.231 e. The first kappa shape index (κ1) is 16.8. The summed E-state index contributed by atoms with van der Waals surface area (Å²) in [7, 11) is 0. The molecule has 3 N–H and O–H groups in total. The van der Waals surface area contributed by atoms with Crippen LogP contribution in [0.3, 0.4) is 0 Å². The van der Waals surface area contributed by atoms with E-state index < -0.39 is 0 Å². The van der Waals surface area contributed by atoms with Gasteiger partial charge >= 0.3 is 0 Å². The fourth-order valence-electron chi connectivity index (χ4n) is 3.67. The maximum absolute atomic E-state index is 9.69. The Hall–Kier alpha value is -3.39. The van der Waals surface area contributed by atoms with Crippen molar-refractivity contribution in [3.05, 3.63) is 48.7 Å². The molecule has 3 aromatic heterocycles. The van der Waals surface area contributed by atoms with Crippen molar-refractivity contribution in [3.8, 4) is 11.3 Å². The first-order valence-corrected chi connectivity index (χ1v) is 9.32. The van der Waals surface area contributed by atoms with Gasteiger partial charge in [0.05, 0.1) is 24.6 Å². The van der Waals surface area contributed by atoms with Gasteiger partial charge in [-0.05, 0) is 18.4 Å². The van der Waals surface area contributed by atoms with Crippen molar-refractivity contribution in [2.75, 3.05) is 23.4 Å². The molecule has 8 heteroatoms. The minimum absolute atomic E-state index is 0.0473. The highest BCUT2D eigenvalue weighted by atomic mass is 16.3. The summed E-state index contributed by atoms with van der Waals surface area (Å²) in [6, 6.07) is 13.8. The van der Waals surface area contributed by atoms with E-state index in [2.05, 4.69) is 30.4 Å². The molecular weight excluding hydrogens is 356 g/mol. The van der Waals surface area contributed by atoms with E-state index in [4.69, 9.17) is 4.42 Å². The monoisotopic (exact) mass is 376 g/mol. The number of furan rings is 1. The van der Waals surface area contributed by atoms with Gasteiger partial charge in [0.15, 0.2) is 17.2 Å². The standard InChI is InChI=1S/C20H20N6O2/c27-12-14-7-4-9-26(14)19-18-15(8-10-28-18)21-20(23-19)22-17-11-16(24-25-17)13-5-2-1-3-6-13/h1-3,5-6,8,10-11,14,27H,4,7,9,12H2,(H2,21,22,23,24,25).